The van der Waals surface area contributed by atoms with Gasteiger partial charge in [-0.05, 0) is 125 Å². The molecule has 324 valence electrons. The minimum Gasteiger partial charge on any atom is -0.493 e. The van der Waals surface area contributed by atoms with Crippen molar-refractivity contribution < 1.29 is 51.4 Å². The highest BCUT2D eigenvalue weighted by Gasteiger charge is 2.51. The SMILES string of the molecule is CCc1cc(N2C(=S)N(c3cnc(C#N)c(C(F)(F)F)c3)C(=O)C2(C)C)ccc1OCCC1CCN(CC(=O)Nc2cc(F)cc(NC3CCC(=O)NC3=O)c2)CC1.O=CO. The molecule has 0 aliphatic carbocycles. The number of hydrogen-bond acceptors (Lipinski definition) is 11. The Morgan fingerprint density at radius 3 is 2.43 bits per heavy atom. The number of hydrogen-bond donors (Lipinski definition) is 4. The Hall–Kier alpha value is -6.20. The molecule has 0 saturated carbocycles. The van der Waals surface area contributed by atoms with E-state index in [9.17, 15) is 36.7 Å². The molecule has 0 bridgehead atoms. The van der Waals surface area contributed by atoms with Crippen LogP contribution in [-0.2, 0) is 36.6 Å². The van der Waals surface area contributed by atoms with E-state index >= 15 is 0 Å². The molecule has 20 heteroatoms. The van der Waals surface area contributed by atoms with Crippen LogP contribution < -0.4 is 30.5 Å². The van der Waals surface area contributed by atoms with E-state index in [0.717, 1.165) is 35.9 Å². The van der Waals surface area contributed by atoms with E-state index in [-0.39, 0.29) is 54.2 Å². The van der Waals surface area contributed by atoms with Gasteiger partial charge in [0.05, 0.1) is 30.6 Å². The summed E-state index contributed by atoms with van der Waals surface area (Å²) in [5, 5.41) is 23.9. The number of thiocarbonyl (C=S) groups is 1. The number of ether oxygens (including phenoxy) is 1. The summed E-state index contributed by atoms with van der Waals surface area (Å²) in [7, 11) is 0. The van der Waals surface area contributed by atoms with Crippen molar-refractivity contribution in [2.45, 2.75) is 77.1 Å². The van der Waals surface area contributed by atoms with Gasteiger partial charge in [0.1, 0.15) is 29.2 Å². The van der Waals surface area contributed by atoms with Gasteiger partial charge in [-0.3, -0.25) is 39.1 Å². The van der Waals surface area contributed by atoms with Crippen molar-refractivity contribution in [2.24, 2.45) is 5.92 Å². The second-order valence-electron chi connectivity index (χ2n) is 15.0. The van der Waals surface area contributed by atoms with Crippen LogP contribution in [0.4, 0.5) is 40.3 Å². The zero-order valence-corrected chi connectivity index (χ0v) is 34.3. The smallest absolute Gasteiger partial charge is 0.419 e. The third-order valence-electron chi connectivity index (χ3n) is 10.5. The molecule has 3 fully saturated rings. The maximum Gasteiger partial charge on any atom is 0.419 e. The lowest BCUT2D eigenvalue weighted by molar-refractivity contribution is -0.138. The molecule has 1 atom stereocenters. The van der Waals surface area contributed by atoms with E-state index in [1.165, 1.54) is 18.2 Å². The van der Waals surface area contributed by atoms with Crippen LogP contribution in [-0.4, -0.2) is 88.0 Å². The Balaban J connectivity index is 0.00000228. The first kappa shape index (κ1) is 45.9. The number of aromatic nitrogens is 1. The third kappa shape index (κ3) is 11.0. The summed E-state index contributed by atoms with van der Waals surface area (Å²) >= 11 is 5.67. The van der Waals surface area contributed by atoms with Crippen LogP contribution in [0.3, 0.4) is 0 Å². The molecular weight excluding hydrogens is 825 g/mol. The Kier molecular flexibility index (Phi) is 14.6. The van der Waals surface area contributed by atoms with Crippen LogP contribution in [0.25, 0.3) is 0 Å². The van der Waals surface area contributed by atoms with Crippen LogP contribution in [0, 0.1) is 23.1 Å². The lowest BCUT2D eigenvalue weighted by atomic mass is 9.94. The molecule has 4 heterocycles. The predicted octanol–water partition coefficient (Wildman–Crippen LogP) is 5.63. The summed E-state index contributed by atoms with van der Waals surface area (Å²) in [6, 6.07) is 10.8. The standard InChI is InChI=1S/C40H42F4N8O5S.CH2O2/c1-4-24-15-28(52-38(58)51(37(56)39(52,2)3)29-19-30(40(42,43)44)32(20-45)46-21-29)5-7-33(24)57-14-11-23-9-12-50(13-10-23)22-35(54)48-27-17-25(41)16-26(18-27)47-31-6-8-34(53)49-36(31)55;2-1-3/h5,7,15-19,21,23,31,47H,4,6,8-14,22H2,1-3H3,(H,48,54)(H,49,53,55);1H,(H,2,3). The number of pyridine rings is 1. The number of carboxylic acid groups (broad SMARTS) is 1. The van der Waals surface area contributed by atoms with Crippen molar-refractivity contribution in [1.82, 2.24) is 15.2 Å². The van der Waals surface area contributed by atoms with Crippen molar-refractivity contribution in [3.05, 3.63) is 71.3 Å². The number of carbonyl (C=O) groups excluding carboxylic acids is 4. The second-order valence-corrected chi connectivity index (χ2v) is 15.4. The monoisotopic (exact) mass is 868 g/mol. The summed E-state index contributed by atoms with van der Waals surface area (Å²) in [6.07, 6.45) is -0.317. The number of rotatable bonds is 12. The van der Waals surface area contributed by atoms with E-state index in [0.29, 0.717) is 55.2 Å². The van der Waals surface area contributed by atoms with E-state index < -0.39 is 46.6 Å². The number of nitriles is 1. The first-order valence-electron chi connectivity index (χ1n) is 19.3. The molecule has 4 amide bonds. The van der Waals surface area contributed by atoms with Crippen molar-refractivity contribution >= 4 is 70.2 Å². The maximum atomic E-state index is 14.4. The fraction of sp³-hybridized carbons (Fsp3) is 0.415. The molecule has 61 heavy (non-hydrogen) atoms. The van der Waals surface area contributed by atoms with Gasteiger partial charge < -0.3 is 25.4 Å². The van der Waals surface area contributed by atoms with Gasteiger partial charge in [-0.2, -0.15) is 18.4 Å². The summed E-state index contributed by atoms with van der Waals surface area (Å²) in [4.78, 5) is 66.7. The zero-order chi connectivity index (χ0) is 44.6. The van der Waals surface area contributed by atoms with Crippen LogP contribution in [0.2, 0.25) is 0 Å². The Bertz CT molecular complexity index is 2230. The summed E-state index contributed by atoms with van der Waals surface area (Å²) in [6.45, 7) is 6.91. The van der Waals surface area contributed by atoms with Gasteiger partial charge in [0, 0.05) is 23.5 Å². The largest absolute Gasteiger partial charge is 0.493 e. The molecular formula is C41H44F4N8O7S. The number of amides is 4. The number of piperidine rings is 2. The number of benzene rings is 2. The summed E-state index contributed by atoms with van der Waals surface area (Å²) in [5.41, 5.74) is -1.55. The number of anilines is 4. The van der Waals surface area contributed by atoms with Crippen molar-refractivity contribution in [2.75, 3.05) is 46.7 Å². The number of imide groups is 1. The first-order valence-corrected chi connectivity index (χ1v) is 19.7. The Morgan fingerprint density at radius 1 is 1.10 bits per heavy atom. The number of nitrogens with one attached hydrogen (secondary N) is 3. The molecule has 6 rings (SSSR count). The number of halogens is 4. The zero-order valence-electron chi connectivity index (χ0n) is 33.5. The van der Waals surface area contributed by atoms with Crippen LogP contribution >= 0.6 is 12.2 Å². The quantitative estimate of drug-likeness (QED) is 0.0758. The highest BCUT2D eigenvalue weighted by molar-refractivity contribution is 7.81. The summed E-state index contributed by atoms with van der Waals surface area (Å²) < 4.78 is 61.8. The van der Waals surface area contributed by atoms with Gasteiger partial charge in [-0.25, -0.2) is 9.37 Å². The molecule has 3 aliphatic heterocycles. The van der Waals surface area contributed by atoms with Gasteiger partial charge >= 0.3 is 6.18 Å². The third-order valence-corrected chi connectivity index (χ3v) is 10.9. The van der Waals surface area contributed by atoms with E-state index in [4.69, 9.17) is 32.1 Å². The highest BCUT2D eigenvalue weighted by Crippen LogP contribution is 2.40. The van der Waals surface area contributed by atoms with E-state index in [2.05, 4.69) is 20.9 Å². The molecule has 2 aromatic carbocycles. The fourth-order valence-corrected chi connectivity index (χ4v) is 7.93. The number of likely N-dealkylation sites (tertiary alicyclic amines) is 1. The van der Waals surface area contributed by atoms with E-state index in [1.54, 1.807) is 36.9 Å². The summed E-state index contributed by atoms with van der Waals surface area (Å²) in [5.74, 6) is -1.26. The number of nitrogens with zero attached hydrogens (tertiary/aromatic N) is 5. The molecule has 3 saturated heterocycles. The van der Waals surface area contributed by atoms with Gasteiger partial charge in [0.25, 0.3) is 12.4 Å². The highest BCUT2D eigenvalue weighted by atomic mass is 32.1. The van der Waals surface area contributed by atoms with Gasteiger partial charge in [-0.15, -0.1) is 0 Å². The molecule has 1 unspecified atom stereocenters. The average molecular weight is 869 g/mol. The Morgan fingerprint density at radius 2 is 1.79 bits per heavy atom. The lowest BCUT2D eigenvalue weighted by Crippen LogP contribution is -2.47. The second kappa shape index (κ2) is 19.5. The average Bonchev–Trinajstić information content (AvgIpc) is 3.37. The number of alkyl halides is 3. The maximum absolute atomic E-state index is 14.4. The molecule has 0 spiro atoms. The molecule has 15 nitrogen and oxygen atoms in total. The molecule has 1 aromatic heterocycles. The van der Waals surface area contributed by atoms with Crippen molar-refractivity contribution in [3.63, 3.8) is 0 Å². The van der Waals surface area contributed by atoms with Crippen LogP contribution in [0.15, 0.2) is 48.7 Å². The van der Waals surface area contributed by atoms with Crippen molar-refractivity contribution in [1.29, 1.82) is 5.26 Å². The van der Waals surface area contributed by atoms with E-state index in [1.807, 2.05) is 17.9 Å². The van der Waals surface area contributed by atoms with Crippen molar-refractivity contribution in [3.8, 4) is 11.8 Å². The number of carbonyl (C=O) groups is 5. The molecule has 0 radical (unpaired) electrons. The molecule has 3 aromatic rings. The molecule has 4 N–H and O–H groups in total. The molecule has 3 aliphatic rings. The minimum atomic E-state index is -4.86. The van der Waals surface area contributed by atoms with Crippen LogP contribution in [0.1, 0.15) is 69.7 Å². The van der Waals surface area contributed by atoms with Gasteiger partial charge in [0.15, 0.2) is 10.8 Å². The fourth-order valence-electron chi connectivity index (χ4n) is 7.41. The normalized spacial score (nSPS) is 18.2. The van der Waals surface area contributed by atoms with Gasteiger partial charge in [0.2, 0.25) is 17.7 Å². The topological polar surface area (TPSA) is 197 Å². The lowest BCUT2D eigenvalue weighted by Gasteiger charge is -2.31. The number of aryl methyl sites for hydroxylation is 1. The Labute approximate surface area is 354 Å². The minimum absolute atomic E-state index is 0.0309. The first-order chi connectivity index (χ1) is 28.9. The van der Waals surface area contributed by atoms with Gasteiger partial charge in [-0.1, -0.05) is 6.92 Å². The predicted molar refractivity (Wildman–Crippen MR) is 219 cm³/mol. The van der Waals surface area contributed by atoms with Crippen LogP contribution in [0.5, 0.6) is 5.75 Å².